The number of hydrogen-bond acceptors (Lipinski definition) is 3. The van der Waals surface area contributed by atoms with Crippen molar-refractivity contribution in [3.05, 3.63) is 30.0 Å². The third-order valence-electron chi connectivity index (χ3n) is 4.25. The second-order valence-electron chi connectivity index (χ2n) is 5.76. The van der Waals surface area contributed by atoms with Crippen LogP contribution in [0.1, 0.15) is 36.2 Å². The lowest BCUT2D eigenvalue weighted by atomic mass is 9.84. The van der Waals surface area contributed by atoms with Crippen molar-refractivity contribution in [1.82, 2.24) is 10.3 Å². The highest BCUT2D eigenvalue weighted by Gasteiger charge is 2.32. The summed E-state index contributed by atoms with van der Waals surface area (Å²) < 4.78 is 0. The van der Waals surface area contributed by atoms with E-state index >= 15 is 0 Å². The van der Waals surface area contributed by atoms with E-state index in [1.165, 1.54) is 0 Å². The summed E-state index contributed by atoms with van der Waals surface area (Å²) in [6.07, 6.45) is 3.09. The highest BCUT2D eigenvalue weighted by Crippen LogP contribution is 2.25. The lowest BCUT2D eigenvalue weighted by molar-refractivity contribution is -0.143. The average Bonchev–Trinajstić information content (AvgIpc) is 2.90. The number of nitrogens with one attached hydrogen (secondary N) is 2. The SMILES string of the molecule is O=C(N[C@H]1CCCC[C@H]1C(=O)O)c1cc2cc(O)ccc2[nH]1. The molecule has 6 nitrogen and oxygen atoms in total. The van der Waals surface area contributed by atoms with Crippen molar-refractivity contribution in [2.24, 2.45) is 5.92 Å². The molecule has 1 aromatic carbocycles. The highest BCUT2D eigenvalue weighted by molar-refractivity contribution is 5.98. The van der Waals surface area contributed by atoms with E-state index in [0.717, 1.165) is 23.7 Å². The summed E-state index contributed by atoms with van der Waals surface area (Å²) in [6.45, 7) is 0. The molecular formula is C16H18N2O4. The van der Waals surface area contributed by atoms with Crippen molar-refractivity contribution < 1.29 is 19.8 Å². The summed E-state index contributed by atoms with van der Waals surface area (Å²) >= 11 is 0. The molecule has 6 heteroatoms. The largest absolute Gasteiger partial charge is 0.508 e. The van der Waals surface area contributed by atoms with Gasteiger partial charge in [0.25, 0.3) is 5.91 Å². The monoisotopic (exact) mass is 302 g/mol. The number of aromatic hydroxyl groups is 1. The first kappa shape index (κ1) is 14.4. The molecule has 1 fully saturated rings. The molecular weight excluding hydrogens is 284 g/mol. The molecule has 22 heavy (non-hydrogen) atoms. The number of carbonyl (C=O) groups is 2. The number of hydrogen-bond donors (Lipinski definition) is 4. The number of carboxylic acid groups (broad SMARTS) is 1. The minimum Gasteiger partial charge on any atom is -0.508 e. The van der Waals surface area contributed by atoms with Crippen molar-refractivity contribution in [1.29, 1.82) is 0 Å². The van der Waals surface area contributed by atoms with Gasteiger partial charge in [-0.3, -0.25) is 9.59 Å². The molecule has 1 aliphatic carbocycles. The minimum atomic E-state index is -0.855. The maximum absolute atomic E-state index is 12.3. The average molecular weight is 302 g/mol. The van der Waals surface area contributed by atoms with Crippen molar-refractivity contribution in [2.75, 3.05) is 0 Å². The zero-order valence-electron chi connectivity index (χ0n) is 12.0. The molecule has 4 N–H and O–H groups in total. The second-order valence-corrected chi connectivity index (χ2v) is 5.76. The predicted octanol–water partition coefficient (Wildman–Crippen LogP) is 2.25. The fourth-order valence-corrected chi connectivity index (χ4v) is 3.09. The maximum atomic E-state index is 12.3. The zero-order valence-corrected chi connectivity index (χ0v) is 12.0. The number of carboxylic acids is 1. The quantitative estimate of drug-likeness (QED) is 0.698. The molecule has 0 bridgehead atoms. The molecule has 1 aromatic heterocycles. The van der Waals surface area contributed by atoms with E-state index in [4.69, 9.17) is 0 Å². The first-order valence-corrected chi connectivity index (χ1v) is 7.40. The molecule has 0 spiro atoms. The lowest BCUT2D eigenvalue weighted by Gasteiger charge is -2.29. The molecule has 1 saturated carbocycles. The van der Waals surface area contributed by atoms with Gasteiger partial charge in [-0.15, -0.1) is 0 Å². The molecule has 2 aromatic rings. The van der Waals surface area contributed by atoms with Gasteiger partial charge in [-0.2, -0.15) is 0 Å². The normalized spacial score (nSPS) is 21.6. The van der Waals surface area contributed by atoms with Crippen molar-refractivity contribution in [2.45, 2.75) is 31.7 Å². The Balaban J connectivity index is 1.78. The number of H-pyrrole nitrogens is 1. The van der Waals surface area contributed by atoms with E-state index in [1.807, 2.05) is 0 Å². The summed E-state index contributed by atoms with van der Waals surface area (Å²) in [5.74, 6) is -1.55. The van der Waals surface area contributed by atoms with Crippen LogP contribution in [0.4, 0.5) is 0 Å². The van der Waals surface area contributed by atoms with Crippen molar-refractivity contribution in [3.63, 3.8) is 0 Å². The molecule has 1 aliphatic rings. The fourth-order valence-electron chi connectivity index (χ4n) is 3.09. The van der Waals surface area contributed by atoms with Crippen LogP contribution in [0.15, 0.2) is 24.3 Å². The van der Waals surface area contributed by atoms with Crippen LogP contribution in [-0.2, 0) is 4.79 Å². The first-order chi connectivity index (χ1) is 10.5. The van der Waals surface area contributed by atoms with Gasteiger partial charge >= 0.3 is 5.97 Å². The van der Waals surface area contributed by atoms with E-state index < -0.39 is 11.9 Å². The maximum Gasteiger partial charge on any atom is 0.308 e. The Bertz CT molecular complexity index is 722. The van der Waals surface area contributed by atoms with Gasteiger partial charge in [0.1, 0.15) is 11.4 Å². The smallest absolute Gasteiger partial charge is 0.308 e. The lowest BCUT2D eigenvalue weighted by Crippen LogP contribution is -2.45. The first-order valence-electron chi connectivity index (χ1n) is 7.40. The Hall–Kier alpha value is -2.50. The van der Waals surface area contributed by atoms with Crippen LogP contribution in [0.2, 0.25) is 0 Å². The topological polar surface area (TPSA) is 102 Å². The van der Waals surface area contributed by atoms with Gasteiger partial charge in [0.15, 0.2) is 0 Å². The van der Waals surface area contributed by atoms with Crippen molar-refractivity contribution >= 4 is 22.8 Å². The molecule has 0 unspecified atom stereocenters. The molecule has 0 aliphatic heterocycles. The van der Waals surface area contributed by atoms with Crippen LogP contribution >= 0.6 is 0 Å². The number of phenolic OH excluding ortho intramolecular Hbond substituents is 1. The molecule has 2 atom stereocenters. The van der Waals surface area contributed by atoms with Gasteiger partial charge in [-0.25, -0.2) is 0 Å². The Labute approximate surface area is 127 Å². The number of amides is 1. The van der Waals surface area contributed by atoms with Crippen LogP contribution in [0, 0.1) is 5.92 Å². The number of fused-ring (bicyclic) bond motifs is 1. The second kappa shape index (κ2) is 5.71. The number of phenols is 1. The van der Waals surface area contributed by atoms with Crippen LogP contribution in [0.3, 0.4) is 0 Å². The van der Waals surface area contributed by atoms with Gasteiger partial charge in [0.05, 0.1) is 5.92 Å². The molecule has 116 valence electrons. The van der Waals surface area contributed by atoms with Gasteiger partial charge < -0.3 is 20.5 Å². The number of aromatic amines is 1. The number of carbonyl (C=O) groups excluding carboxylic acids is 1. The molecule has 1 amide bonds. The number of benzene rings is 1. The van der Waals surface area contributed by atoms with Gasteiger partial charge in [-0.1, -0.05) is 12.8 Å². The molecule has 0 saturated heterocycles. The number of rotatable bonds is 3. The standard InChI is InChI=1S/C16H18N2O4/c19-10-5-6-12-9(7-10)8-14(17-12)15(20)18-13-4-2-1-3-11(13)16(21)22/h5-8,11,13,17,19H,1-4H2,(H,18,20)(H,21,22)/t11-,13+/m1/s1. The summed E-state index contributed by atoms with van der Waals surface area (Å²) in [4.78, 5) is 26.6. The van der Waals surface area contributed by atoms with Gasteiger partial charge in [0, 0.05) is 16.9 Å². The molecule has 0 radical (unpaired) electrons. The summed E-state index contributed by atoms with van der Waals surface area (Å²) in [5, 5.41) is 22.3. The minimum absolute atomic E-state index is 0.136. The Kier molecular flexibility index (Phi) is 3.75. The third-order valence-corrected chi connectivity index (χ3v) is 4.25. The Morgan fingerprint density at radius 1 is 1.18 bits per heavy atom. The summed E-state index contributed by atoms with van der Waals surface area (Å²) in [5.41, 5.74) is 1.12. The molecule has 3 rings (SSSR count). The Morgan fingerprint density at radius 3 is 2.73 bits per heavy atom. The van der Waals surface area contributed by atoms with E-state index in [1.54, 1.807) is 24.3 Å². The van der Waals surface area contributed by atoms with E-state index in [-0.39, 0.29) is 17.7 Å². The van der Waals surface area contributed by atoms with Crippen LogP contribution in [0.25, 0.3) is 10.9 Å². The predicted molar refractivity (Wildman–Crippen MR) is 80.8 cm³/mol. The fraction of sp³-hybridized carbons (Fsp3) is 0.375. The van der Waals surface area contributed by atoms with Crippen LogP contribution in [0.5, 0.6) is 5.75 Å². The van der Waals surface area contributed by atoms with Crippen molar-refractivity contribution in [3.8, 4) is 5.75 Å². The van der Waals surface area contributed by atoms with E-state index in [0.29, 0.717) is 18.5 Å². The van der Waals surface area contributed by atoms with Crippen LogP contribution in [-0.4, -0.2) is 33.1 Å². The van der Waals surface area contributed by atoms with Gasteiger partial charge in [0.2, 0.25) is 0 Å². The molecule has 1 heterocycles. The van der Waals surface area contributed by atoms with E-state index in [2.05, 4.69) is 10.3 Å². The highest BCUT2D eigenvalue weighted by atomic mass is 16.4. The zero-order chi connectivity index (χ0) is 15.7. The van der Waals surface area contributed by atoms with Crippen LogP contribution < -0.4 is 5.32 Å². The Morgan fingerprint density at radius 2 is 1.95 bits per heavy atom. The number of aliphatic carboxylic acids is 1. The summed E-state index contributed by atoms with van der Waals surface area (Å²) in [6, 6.07) is 6.13. The van der Waals surface area contributed by atoms with E-state index in [9.17, 15) is 19.8 Å². The third kappa shape index (κ3) is 2.77. The van der Waals surface area contributed by atoms with Gasteiger partial charge in [-0.05, 0) is 37.1 Å². The summed E-state index contributed by atoms with van der Waals surface area (Å²) in [7, 11) is 0. The number of aromatic nitrogens is 1.